The molecule has 1 aliphatic heterocycles. The quantitative estimate of drug-likeness (QED) is 0.0747. The molecule has 1 aromatic carbocycles. The molecule has 18 nitrogen and oxygen atoms in total. The normalized spacial score (nSPS) is 18.0. The molecule has 1 heterocycles. The summed E-state index contributed by atoms with van der Waals surface area (Å²) >= 11 is 0. The van der Waals surface area contributed by atoms with Crippen molar-refractivity contribution in [3.05, 3.63) is 29.8 Å². The van der Waals surface area contributed by atoms with Crippen molar-refractivity contribution in [3.63, 3.8) is 0 Å². The van der Waals surface area contributed by atoms with Gasteiger partial charge in [0.05, 0.1) is 75.7 Å². The van der Waals surface area contributed by atoms with Crippen molar-refractivity contribution in [1.29, 1.82) is 0 Å². The van der Waals surface area contributed by atoms with E-state index in [-0.39, 0.29) is 98.7 Å². The van der Waals surface area contributed by atoms with Gasteiger partial charge in [0.2, 0.25) is 0 Å². The summed E-state index contributed by atoms with van der Waals surface area (Å²) in [4.78, 5) is 53.9. The second-order valence-electron chi connectivity index (χ2n) is 12.2. The molecule has 4 atom stereocenters. The van der Waals surface area contributed by atoms with Gasteiger partial charge in [-0.3, -0.25) is 24.4 Å². The number of hydrogen-bond donors (Lipinski definition) is 4. The first-order chi connectivity index (χ1) is 25.0. The second-order valence-corrected chi connectivity index (χ2v) is 12.2. The molecule has 1 fully saturated rings. The topological polar surface area (TPSA) is 259 Å². The molecule has 0 saturated carbocycles. The largest absolute Gasteiger partial charge is 3.00 e. The number of carbonyl (C=O) groups is 4. The summed E-state index contributed by atoms with van der Waals surface area (Å²) in [6.07, 6.45) is 1.16. The molecule has 0 aliphatic carbocycles. The average Bonchev–Trinajstić information content (AvgIpc) is 3.10. The molecule has 2 rings (SSSR count). The average molecular weight is 899 g/mol. The van der Waals surface area contributed by atoms with Gasteiger partial charge in [-0.25, -0.2) is 0 Å². The van der Waals surface area contributed by atoms with Gasteiger partial charge in [-0.2, -0.15) is 0 Å². The summed E-state index contributed by atoms with van der Waals surface area (Å²) in [5.41, 5.74) is 0.942. The van der Waals surface area contributed by atoms with Crippen molar-refractivity contribution in [3.8, 4) is 5.75 Å². The third-order valence-electron chi connectivity index (χ3n) is 9.02. The fourth-order valence-corrected chi connectivity index (χ4v) is 6.04. The summed E-state index contributed by atoms with van der Waals surface area (Å²) in [7, 11) is 0. The Morgan fingerprint density at radius 3 is 1.38 bits per heavy atom. The van der Waals surface area contributed by atoms with Crippen LogP contribution >= 0.6 is 0 Å². The van der Waals surface area contributed by atoms with Gasteiger partial charge in [0.15, 0.2) is 0 Å². The third-order valence-corrected chi connectivity index (χ3v) is 9.02. The Kier molecular flexibility index (Phi) is 25.3. The van der Waals surface area contributed by atoms with Gasteiger partial charge in [-0.05, 0) is 43.9 Å². The van der Waals surface area contributed by atoms with E-state index >= 15 is 0 Å². The maximum Gasteiger partial charge on any atom is 3.00 e. The Hall–Kier alpha value is -2.14. The number of nitrogens with zero attached hydrogens (tertiary/aromatic N) is 4. The van der Waals surface area contributed by atoms with E-state index in [4.69, 9.17) is 14.2 Å². The van der Waals surface area contributed by atoms with Crippen LogP contribution in [0.5, 0.6) is 5.75 Å². The van der Waals surface area contributed by atoms with Gasteiger partial charge in [0.1, 0.15) is 18.4 Å². The molecule has 4 unspecified atom stereocenters. The molecular weight excluding hydrogens is 846 g/mol. The van der Waals surface area contributed by atoms with Gasteiger partial charge in [0.25, 0.3) is 0 Å². The number of carboxylic acid groups (broad SMARTS) is 4. The van der Waals surface area contributed by atoms with Gasteiger partial charge >= 0.3 is 45.9 Å². The Morgan fingerprint density at radius 2 is 1.02 bits per heavy atom. The minimum atomic E-state index is -1.61. The van der Waals surface area contributed by atoms with Crippen LogP contribution in [0.15, 0.2) is 24.3 Å². The van der Waals surface area contributed by atoms with Crippen LogP contribution in [0.2, 0.25) is 0 Å². The van der Waals surface area contributed by atoms with Crippen molar-refractivity contribution < 1.29 is 109 Å². The predicted octanol–water partition coefficient (Wildman–Crippen LogP) is -5.55. The van der Waals surface area contributed by atoms with Crippen molar-refractivity contribution in [2.75, 3.05) is 105 Å². The molecule has 0 amide bonds. The number of carbonyl (C=O) groups excluding carboxylic acids is 3. The van der Waals surface area contributed by atoms with E-state index < -0.39 is 67.9 Å². The summed E-state index contributed by atoms with van der Waals surface area (Å²) in [6.45, 7) is 0.944. The van der Waals surface area contributed by atoms with E-state index in [1.54, 1.807) is 4.90 Å². The number of ether oxygens (including phenoxy) is 3. The SMILES string of the molecule is CCOCCOCCOc1ccc(CCCC(C(=O)O)N2CCN(C(CO)C(=O)[O-])CCN(C(CO)C(=O)[O-])CCN(C(CO)C(=O)[O-])CC2)cc1.[Gd+3]. The first kappa shape index (κ1) is 48.9. The van der Waals surface area contributed by atoms with Crippen molar-refractivity contribution in [1.82, 2.24) is 19.6 Å². The maximum absolute atomic E-state index is 12.7. The molecule has 4 N–H and O–H groups in total. The minimum Gasteiger partial charge on any atom is -0.548 e. The molecule has 53 heavy (non-hydrogen) atoms. The number of aliphatic carboxylic acids is 4. The van der Waals surface area contributed by atoms with E-state index in [9.17, 15) is 54.9 Å². The van der Waals surface area contributed by atoms with Gasteiger partial charge in [0, 0.05) is 59.0 Å². The number of benzene rings is 1. The molecular formula is C34H53GdN4O14. The van der Waals surface area contributed by atoms with E-state index in [0.29, 0.717) is 51.6 Å². The number of aliphatic hydroxyl groups is 3. The zero-order valence-electron chi connectivity index (χ0n) is 30.1. The summed E-state index contributed by atoms with van der Waals surface area (Å²) in [5, 5.41) is 75.6. The first-order valence-electron chi connectivity index (χ1n) is 17.5. The minimum absolute atomic E-state index is 0. The van der Waals surface area contributed by atoms with Crippen LogP contribution < -0.4 is 20.1 Å². The van der Waals surface area contributed by atoms with E-state index in [2.05, 4.69) is 0 Å². The molecule has 0 spiro atoms. The third kappa shape index (κ3) is 17.5. The summed E-state index contributed by atoms with van der Waals surface area (Å²) < 4.78 is 16.3. The van der Waals surface area contributed by atoms with Crippen LogP contribution in [0.3, 0.4) is 0 Å². The van der Waals surface area contributed by atoms with Crippen LogP contribution in [0.1, 0.15) is 25.3 Å². The maximum atomic E-state index is 12.7. The van der Waals surface area contributed by atoms with Crippen LogP contribution in [0, 0.1) is 39.9 Å². The monoisotopic (exact) mass is 899 g/mol. The van der Waals surface area contributed by atoms with Crippen LogP contribution in [0.4, 0.5) is 0 Å². The van der Waals surface area contributed by atoms with Crippen molar-refractivity contribution in [2.24, 2.45) is 0 Å². The molecule has 1 radical (unpaired) electrons. The Labute approximate surface area is 341 Å². The fourth-order valence-electron chi connectivity index (χ4n) is 6.04. The zero-order valence-corrected chi connectivity index (χ0v) is 32.3. The van der Waals surface area contributed by atoms with Crippen molar-refractivity contribution >= 4 is 23.9 Å². The molecule has 1 aromatic rings. The Balaban J connectivity index is 0.0000140. The fraction of sp³-hybridized carbons (Fsp3) is 0.706. The molecule has 1 saturated heterocycles. The summed E-state index contributed by atoms with van der Waals surface area (Å²) in [6, 6.07) is 1.78. The molecule has 1 aliphatic rings. The zero-order chi connectivity index (χ0) is 38.5. The predicted molar refractivity (Wildman–Crippen MR) is 178 cm³/mol. The van der Waals surface area contributed by atoms with Crippen LogP contribution in [-0.4, -0.2) is 193 Å². The molecule has 0 aromatic heterocycles. The number of aliphatic hydroxyl groups excluding tert-OH is 3. The van der Waals surface area contributed by atoms with Gasteiger partial charge in [-0.15, -0.1) is 0 Å². The number of rotatable bonds is 23. The molecule has 19 heteroatoms. The van der Waals surface area contributed by atoms with E-state index in [1.165, 1.54) is 14.7 Å². The van der Waals surface area contributed by atoms with E-state index in [0.717, 1.165) is 5.56 Å². The van der Waals surface area contributed by atoms with Crippen LogP contribution in [0.25, 0.3) is 0 Å². The summed E-state index contributed by atoms with van der Waals surface area (Å²) in [5.74, 6) is -5.29. The van der Waals surface area contributed by atoms with Crippen LogP contribution in [-0.2, 0) is 35.1 Å². The van der Waals surface area contributed by atoms with Crippen molar-refractivity contribution in [2.45, 2.75) is 50.4 Å². The smallest absolute Gasteiger partial charge is 0.548 e. The first-order valence-corrected chi connectivity index (χ1v) is 17.5. The number of aryl methyl sites for hydroxylation is 1. The Bertz CT molecular complexity index is 1180. The number of hydrogen-bond acceptors (Lipinski definition) is 17. The molecule has 0 bridgehead atoms. The standard InChI is InChI=1S/C34H56N4O14.Gd/c1-2-50-18-19-51-20-21-52-26-8-6-25(7-9-26)4-3-5-27(31(42)43)35-10-12-36(28(22-39)32(44)45)14-16-38(30(24-41)34(48)49)17-15-37(13-11-35)29(23-40)33(46)47;/h6-9,27-30,39-41H,2-5,10-24H2,1H3,(H,42,43)(H,44,45)(H,46,47)(H,48,49);/q;+3/p-3. The van der Waals surface area contributed by atoms with Gasteiger partial charge < -0.3 is 64.3 Å². The van der Waals surface area contributed by atoms with Gasteiger partial charge in [-0.1, -0.05) is 12.1 Å². The van der Waals surface area contributed by atoms with E-state index in [1.807, 2.05) is 31.2 Å². The number of carboxylic acids is 4. The Morgan fingerprint density at radius 1 is 0.642 bits per heavy atom. The molecule has 301 valence electrons. The second kappa shape index (κ2) is 27.4.